The SMILES string of the molecule is [2H]c1cc(N(c2ccc3c(c2)-c2cc4ccccc4cc2C3(C)C)c2ccc3ccc4c(c3c2)-c2ccccc2C4(C)C)c2c(c1)oc1ccccc12. The fourth-order valence-electron chi connectivity index (χ4n) is 9.52. The lowest BCUT2D eigenvalue weighted by Crippen LogP contribution is -2.15. The molecule has 0 spiro atoms. The van der Waals surface area contributed by atoms with E-state index in [4.69, 9.17) is 5.79 Å². The number of benzene rings is 8. The van der Waals surface area contributed by atoms with Gasteiger partial charge >= 0.3 is 0 Å². The summed E-state index contributed by atoms with van der Waals surface area (Å²) in [5.41, 5.74) is 14.9. The van der Waals surface area contributed by atoms with Crippen LogP contribution in [0.5, 0.6) is 0 Å². The second-order valence-corrected chi connectivity index (χ2v) is 15.7. The second kappa shape index (κ2) is 10.2. The molecule has 11 rings (SSSR count). The van der Waals surface area contributed by atoms with Crippen LogP contribution in [0.1, 0.15) is 51.3 Å². The molecular formula is C50H37NO. The lowest BCUT2D eigenvalue weighted by atomic mass is 9.82. The minimum absolute atomic E-state index is 0.0957. The Morgan fingerprint density at radius 1 is 0.481 bits per heavy atom. The zero-order valence-electron chi connectivity index (χ0n) is 30.7. The van der Waals surface area contributed by atoms with Crippen LogP contribution in [0.3, 0.4) is 0 Å². The molecule has 9 aromatic rings. The number of para-hydroxylation sites is 1. The van der Waals surface area contributed by atoms with Gasteiger partial charge in [0.2, 0.25) is 0 Å². The Hall–Kier alpha value is -6.12. The van der Waals surface area contributed by atoms with Gasteiger partial charge in [-0.1, -0.05) is 125 Å². The number of fused-ring (bicyclic) bond motifs is 12. The van der Waals surface area contributed by atoms with E-state index < -0.39 is 0 Å². The predicted molar refractivity (Wildman–Crippen MR) is 219 cm³/mol. The Bertz CT molecular complexity index is 3040. The Kier molecular flexibility index (Phi) is 5.62. The minimum atomic E-state index is -0.142. The molecule has 0 bridgehead atoms. The molecule has 0 fully saturated rings. The molecule has 1 heterocycles. The van der Waals surface area contributed by atoms with Gasteiger partial charge < -0.3 is 9.32 Å². The van der Waals surface area contributed by atoms with E-state index in [1.807, 2.05) is 24.3 Å². The minimum Gasteiger partial charge on any atom is -0.456 e. The number of hydrogen-bond acceptors (Lipinski definition) is 2. The second-order valence-electron chi connectivity index (χ2n) is 15.7. The molecule has 52 heavy (non-hydrogen) atoms. The van der Waals surface area contributed by atoms with Crippen LogP contribution < -0.4 is 4.90 Å². The van der Waals surface area contributed by atoms with Gasteiger partial charge in [-0.3, -0.25) is 0 Å². The van der Waals surface area contributed by atoms with Crippen LogP contribution in [-0.2, 0) is 10.8 Å². The maximum atomic E-state index is 9.03. The number of rotatable bonds is 3. The molecule has 0 atom stereocenters. The van der Waals surface area contributed by atoms with Crippen molar-refractivity contribution in [3.8, 4) is 22.3 Å². The predicted octanol–water partition coefficient (Wildman–Crippen LogP) is 14.0. The monoisotopic (exact) mass is 668 g/mol. The molecule has 2 aliphatic rings. The number of furan rings is 1. The van der Waals surface area contributed by atoms with E-state index in [0.717, 1.165) is 39.0 Å². The van der Waals surface area contributed by atoms with E-state index in [9.17, 15) is 0 Å². The summed E-state index contributed by atoms with van der Waals surface area (Å²) >= 11 is 0. The smallest absolute Gasteiger partial charge is 0.137 e. The molecule has 0 N–H and O–H groups in total. The summed E-state index contributed by atoms with van der Waals surface area (Å²) in [6.07, 6.45) is 0. The Balaban J connectivity index is 1.21. The maximum Gasteiger partial charge on any atom is 0.137 e. The van der Waals surface area contributed by atoms with Crippen molar-refractivity contribution in [1.82, 2.24) is 0 Å². The van der Waals surface area contributed by atoms with Crippen LogP contribution in [0, 0.1) is 0 Å². The third kappa shape index (κ3) is 3.90. The van der Waals surface area contributed by atoms with Gasteiger partial charge in [0.15, 0.2) is 0 Å². The molecule has 0 saturated carbocycles. The molecule has 0 saturated heterocycles. The van der Waals surface area contributed by atoms with Crippen LogP contribution in [0.4, 0.5) is 17.1 Å². The molecule has 2 aliphatic carbocycles. The zero-order chi connectivity index (χ0) is 35.8. The van der Waals surface area contributed by atoms with Gasteiger partial charge in [0, 0.05) is 27.6 Å². The first-order valence-electron chi connectivity index (χ1n) is 18.8. The summed E-state index contributed by atoms with van der Waals surface area (Å²) in [6, 6.07) is 53.2. The fourth-order valence-corrected chi connectivity index (χ4v) is 9.52. The molecule has 0 radical (unpaired) electrons. The summed E-state index contributed by atoms with van der Waals surface area (Å²) in [5.74, 6) is 0. The van der Waals surface area contributed by atoms with E-state index in [2.05, 4.69) is 154 Å². The number of nitrogens with zero attached hydrogens (tertiary/aromatic N) is 1. The van der Waals surface area contributed by atoms with Crippen molar-refractivity contribution >= 4 is 60.5 Å². The van der Waals surface area contributed by atoms with E-state index in [1.165, 1.54) is 66.1 Å². The highest BCUT2D eigenvalue weighted by Gasteiger charge is 2.38. The average molecular weight is 669 g/mol. The summed E-state index contributed by atoms with van der Waals surface area (Å²) in [7, 11) is 0. The van der Waals surface area contributed by atoms with Crippen LogP contribution in [0.2, 0.25) is 0 Å². The summed E-state index contributed by atoms with van der Waals surface area (Å²) in [4.78, 5) is 2.36. The van der Waals surface area contributed by atoms with Gasteiger partial charge in [-0.05, 0) is 121 Å². The van der Waals surface area contributed by atoms with Crippen LogP contribution in [0.25, 0.3) is 65.7 Å². The number of anilines is 3. The maximum absolute atomic E-state index is 9.03. The molecule has 2 nitrogen and oxygen atoms in total. The summed E-state index contributed by atoms with van der Waals surface area (Å²) in [5, 5.41) is 7.01. The Labute approximate surface area is 305 Å². The Morgan fingerprint density at radius 3 is 2.02 bits per heavy atom. The van der Waals surface area contributed by atoms with Crippen molar-refractivity contribution in [2.75, 3.05) is 4.90 Å². The topological polar surface area (TPSA) is 16.4 Å². The van der Waals surface area contributed by atoms with Crippen LogP contribution in [-0.4, -0.2) is 0 Å². The average Bonchev–Trinajstić information content (AvgIpc) is 3.73. The van der Waals surface area contributed by atoms with E-state index in [0.29, 0.717) is 6.04 Å². The lowest BCUT2D eigenvalue weighted by molar-refractivity contribution is 0.661. The van der Waals surface area contributed by atoms with Gasteiger partial charge in [-0.15, -0.1) is 0 Å². The van der Waals surface area contributed by atoms with Crippen molar-refractivity contribution in [3.05, 3.63) is 174 Å². The van der Waals surface area contributed by atoms with Crippen molar-refractivity contribution in [3.63, 3.8) is 0 Å². The molecule has 248 valence electrons. The normalized spacial score (nSPS) is 15.1. The van der Waals surface area contributed by atoms with Crippen molar-refractivity contribution in [1.29, 1.82) is 0 Å². The van der Waals surface area contributed by atoms with Gasteiger partial charge in [-0.25, -0.2) is 0 Å². The molecule has 2 heteroatoms. The first-order chi connectivity index (χ1) is 25.7. The third-order valence-corrected chi connectivity index (χ3v) is 12.1. The third-order valence-electron chi connectivity index (χ3n) is 12.1. The highest BCUT2D eigenvalue weighted by Crippen LogP contribution is 2.54. The highest BCUT2D eigenvalue weighted by molar-refractivity contribution is 6.14. The zero-order valence-corrected chi connectivity index (χ0v) is 29.7. The summed E-state index contributed by atoms with van der Waals surface area (Å²) < 4.78 is 15.5. The first kappa shape index (κ1) is 28.6. The number of hydrogen-bond donors (Lipinski definition) is 0. The van der Waals surface area contributed by atoms with Crippen molar-refractivity contribution < 1.29 is 5.79 Å². The van der Waals surface area contributed by atoms with Gasteiger partial charge in [0.25, 0.3) is 0 Å². The molecular weight excluding hydrogens is 631 g/mol. The fraction of sp³-hybridized carbons (Fsp3) is 0.120. The van der Waals surface area contributed by atoms with E-state index in [-0.39, 0.29) is 10.8 Å². The molecule has 1 aromatic heterocycles. The van der Waals surface area contributed by atoms with E-state index in [1.54, 1.807) is 0 Å². The molecule has 8 aromatic carbocycles. The summed E-state index contributed by atoms with van der Waals surface area (Å²) in [6.45, 7) is 9.37. The van der Waals surface area contributed by atoms with Crippen LogP contribution in [0.15, 0.2) is 156 Å². The lowest BCUT2D eigenvalue weighted by Gasteiger charge is -2.28. The van der Waals surface area contributed by atoms with Crippen LogP contribution >= 0.6 is 0 Å². The standard InChI is InChI=1S/C50H37NO/c1-49(2)40-16-9-7-14-35(40)47-37-28-33(22-20-30(37)21-24-42(47)49)51(44-17-11-19-46-48(44)36-15-8-10-18-45(36)52-46)34-23-25-41-39(29-34)38-26-31-12-5-6-13-32(31)27-43(38)50(41,3)4/h5-29H,1-4H3/i11D. The highest BCUT2D eigenvalue weighted by atomic mass is 16.3. The van der Waals surface area contributed by atoms with Crippen molar-refractivity contribution in [2.45, 2.75) is 38.5 Å². The largest absolute Gasteiger partial charge is 0.456 e. The molecule has 0 amide bonds. The van der Waals surface area contributed by atoms with Crippen molar-refractivity contribution in [2.24, 2.45) is 0 Å². The first-order valence-corrected chi connectivity index (χ1v) is 18.3. The Morgan fingerprint density at radius 2 is 1.13 bits per heavy atom. The van der Waals surface area contributed by atoms with Gasteiger partial charge in [-0.2, -0.15) is 0 Å². The van der Waals surface area contributed by atoms with E-state index >= 15 is 0 Å². The molecule has 0 aliphatic heterocycles. The molecule has 0 unspecified atom stereocenters. The van der Waals surface area contributed by atoms with Gasteiger partial charge in [0.05, 0.1) is 12.4 Å². The quantitative estimate of drug-likeness (QED) is 0.186. The van der Waals surface area contributed by atoms with Gasteiger partial charge in [0.1, 0.15) is 11.2 Å².